The lowest BCUT2D eigenvalue weighted by atomic mass is 10.1. The maximum absolute atomic E-state index is 10.0. The highest BCUT2D eigenvalue weighted by Crippen LogP contribution is 2.25. The lowest BCUT2D eigenvalue weighted by Gasteiger charge is -2.10. The van der Waals surface area contributed by atoms with E-state index in [1.54, 1.807) is 0 Å². The molecule has 3 nitrogen and oxygen atoms in total. The van der Waals surface area contributed by atoms with Gasteiger partial charge in [-0.05, 0) is 31.9 Å². The van der Waals surface area contributed by atoms with E-state index in [-0.39, 0.29) is 0 Å². The summed E-state index contributed by atoms with van der Waals surface area (Å²) in [5.41, 5.74) is 3.87. The Morgan fingerprint density at radius 3 is 2.63 bits per heavy atom. The van der Waals surface area contributed by atoms with Crippen molar-refractivity contribution in [3.8, 4) is 0 Å². The van der Waals surface area contributed by atoms with Crippen molar-refractivity contribution in [1.82, 2.24) is 9.78 Å². The van der Waals surface area contributed by atoms with Crippen LogP contribution in [0.25, 0.3) is 0 Å². The zero-order valence-corrected chi connectivity index (χ0v) is 12.3. The molecule has 0 aliphatic heterocycles. The molecule has 1 N–H and O–H groups in total. The summed E-state index contributed by atoms with van der Waals surface area (Å²) in [6.07, 6.45) is 0.249. The lowest BCUT2D eigenvalue weighted by molar-refractivity contribution is 0.172. The minimum Gasteiger partial charge on any atom is -0.388 e. The van der Waals surface area contributed by atoms with E-state index >= 15 is 0 Å². The fourth-order valence-corrected chi connectivity index (χ4v) is 2.53. The topological polar surface area (TPSA) is 38.1 Å². The second-order valence-electron chi connectivity index (χ2n) is 4.76. The van der Waals surface area contributed by atoms with Gasteiger partial charge in [0.25, 0.3) is 0 Å². The smallest absolute Gasteiger partial charge is 0.0823 e. The molecule has 19 heavy (non-hydrogen) atoms. The number of nitrogens with zero attached hydrogens (tertiary/aromatic N) is 2. The highest BCUT2D eigenvalue weighted by molar-refractivity contribution is 6.31. The van der Waals surface area contributed by atoms with E-state index in [1.807, 2.05) is 49.7 Å². The van der Waals surface area contributed by atoms with Crippen molar-refractivity contribution in [3.63, 3.8) is 0 Å². The summed E-state index contributed by atoms with van der Waals surface area (Å²) in [6.45, 7) is 6.52. The Labute approximate surface area is 118 Å². The van der Waals surface area contributed by atoms with Gasteiger partial charge in [0.2, 0.25) is 0 Å². The number of hydrogen-bond donors (Lipinski definition) is 1. The van der Waals surface area contributed by atoms with Crippen molar-refractivity contribution < 1.29 is 5.11 Å². The Hall–Kier alpha value is -1.32. The summed E-state index contributed by atoms with van der Waals surface area (Å²) in [6, 6.07) is 7.76. The Bertz CT molecular complexity index is 578. The van der Waals surface area contributed by atoms with Crippen molar-refractivity contribution in [1.29, 1.82) is 0 Å². The van der Waals surface area contributed by atoms with Gasteiger partial charge in [-0.1, -0.05) is 36.7 Å². The standard InChI is InChI=1S/C15H19ClN2O/c1-4-14(19)15-10(2)17-18(11(15)3)9-12-7-5-6-8-13(12)16/h5-8,14,19H,4,9H2,1-3H3. The number of aromatic nitrogens is 2. The second kappa shape index (κ2) is 5.76. The van der Waals surface area contributed by atoms with Gasteiger partial charge >= 0.3 is 0 Å². The van der Waals surface area contributed by atoms with Crippen LogP contribution >= 0.6 is 11.6 Å². The predicted octanol–water partition coefficient (Wildman–Crippen LogP) is 3.65. The van der Waals surface area contributed by atoms with Crippen molar-refractivity contribution in [2.45, 2.75) is 39.8 Å². The maximum Gasteiger partial charge on any atom is 0.0823 e. The third kappa shape index (κ3) is 2.82. The number of halogens is 1. The molecule has 1 aromatic heterocycles. The van der Waals surface area contributed by atoms with Crippen LogP contribution in [-0.4, -0.2) is 14.9 Å². The molecule has 0 radical (unpaired) electrons. The highest BCUT2D eigenvalue weighted by atomic mass is 35.5. The SMILES string of the molecule is CCC(O)c1c(C)nn(Cc2ccccc2Cl)c1C. The largest absolute Gasteiger partial charge is 0.388 e. The van der Waals surface area contributed by atoms with E-state index in [4.69, 9.17) is 11.6 Å². The van der Waals surface area contributed by atoms with E-state index in [0.717, 1.165) is 27.5 Å². The van der Waals surface area contributed by atoms with Gasteiger partial charge in [0, 0.05) is 16.3 Å². The van der Waals surface area contributed by atoms with Crippen molar-refractivity contribution >= 4 is 11.6 Å². The normalized spacial score (nSPS) is 12.7. The van der Waals surface area contributed by atoms with Gasteiger partial charge in [-0.3, -0.25) is 4.68 Å². The molecule has 1 heterocycles. The van der Waals surface area contributed by atoms with Crippen molar-refractivity contribution in [3.05, 3.63) is 51.8 Å². The number of rotatable bonds is 4. The van der Waals surface area contributed by atoms with Crippen molar-refractivity contribution in [2.24, 2.45) is 0 Å². The third-order valence-corrected chi connectivity index (χ3v) is 3.80. The summed E-state index contributed by atoms with van der Waals surface area (Å²) in [5, 5.41) is 15.3. The molecule has 0 spiro atoms. The Morgan fingerprint density at radius 1 is 1.32 bits per heavy atom. The first-order valence-corrected chi connectivity index (χ1v) is 6.87. The van der Waals surface area contributed by atoms with Gasteiger partial charge in [0.05, 0.1) is 18.3 Å². The van der Waals surface area contributed by atoms with E-state index in [9.17, 15) is 5.11 Å². The molecule has 0 aliphatic rings. The number of aryl methyl sites for hydroxylation is 1. The van der Waals surface area contributed by atoms with Crippen LogP contribution in [0, 0.1) is 13.8 Å². The second-order valence-corrected chi connectivity index (χ2v) is 5.16. The number of aliphatic hydroxyl groups is 1. The molecule has 2 aromatic rings. The zero-order valence-electron chi connectivity index (χ0n) is 11.5. The van der Waals surface area contributed by atoms with Gasteiger partial charge in [0.1, 0.15) is 0 Å². The molecule has 0 saturated heterocycles. The summed E-state index contributed by atoms with van der Waals surface area (Å²) >= 11 is 6.17. The molecule has 0 amide bonds. The summed E-state index contributed by atoms with van der Waals surface area (Å²) < 4.78 is 1.91. The number of benzene rings is 1. The minimum atomic E-state index is -0.444. The monoisotopic (exact) mass is 278 g/mol. The average Bonchev–Trinajstić information content (AvgIpc) is 2.66. The molecule has 1 unspecified atom stereocenters. The number of aliphatic hydroxyl groups excluding tert-OH is 1. The molecule has 0 fully saturated rings. The minimum absolute atomic E-state index is 0.444. The van der Waals surface area contributed by atoms with E-state index in [2.05, 4.69) is 5.10 Å². The Balaban J connectivity index is 2.35. The highest BCUT2D eigenvalue weighted by Gasteiger charge is 2.17. The van der Waals surface area contributed by atoms with Crippen LogP contribution in [0.5, 0.6) is 0 Å². The van der Waals surface area contributed by atoms with Crippen LogP contribution in [0.15, 0.2) is 24.3 Å². The molecule has 0 bridgehead atoms. The molecule has 2 rings (SSSR count). The molecular weight excluding hydrogens is 260 g/mol. The quantitative estimate of drug-likeness (QED) is 0.927. The van der Waals surface area contributed by atoms with Gasteiger partial charge in [-0.25, -0.2) is 0 Å². The van der Waals surface area contributed by atoms with E-state index in [0.29, 0.717) is 13.0 Å². The van der Waals surface area contributed by atoms with Crippen LogP contribution < -0.4 is 0 Å². The van der Waals surface area contributed by atoms with E-state index < -0.39 is 6.10 Å². The Kier molecular flexibility index (Phi) is 4.27. The van der Waals surface area contributed by atoms with Gasteiger partial charge in [-0.15, -0.1) is 0 Å². The van der Waals surface area contributed by atoms with E-state index in [1.165, 1.54) is 0 Å². The molecule has 0 aliphatic carbocycles. The molecule has 1 atom stereocenters. The van der Waals surface area contributed by atoms with Crippen LogP contribution in [0.4, 0.5) is 0 Å². The molecule has 0 saturated carbocycles. The summed E-state index contributed by atoms with van der Waals surface area (Å²) in [7, 11) is 0. The number of hydrogen-bond acceptors (Lipinski definition) is 2. The predicted molar refractivity (Wildman–Crippen MR) is 77.5 cm³/mol. The molecule has 102 valence electrons. The van der Waals surface area contributed by atoms with Gasteiger partial charge in [0.15, 0.2) is 0 Å². The van der Waals surface area contributed by atoms with Crippen LogP contribution in [-0.2, 0) is 6.54 Å². The van der Waals surface area contributed by atoms with Crippen molar-refractivity contribution in [2.75, 3.05) is 0 Å². The molecule has 1 aromatic carbocycles. The first kappa shape index (κ1) is 14.1. The third-order valence-electron chi connectivity index (χ3n) is 3.44. The first-order valence-electron chi connectivity index (χ1n) is 6.50. The van der Waals surface area contributed by atoms with Gasteiger partial charge < -0.3 is 5.11 Å². The average molecular weight is 279 g/mol. The fraction of sp³-hybridized carbons (Fsp3) is 0.400. The summed E-state index contributed by atoms with van der Waals surface area (Å²) in [4.78, 5) is 0. The summed E-state index contributed by atoms with van der Waals surface area (Å²) in [5.74, 6) is 0. The van der Waals surface area contributed by atoms with Crippen LogP contribution in [0.1, 0.15) is 42.0 Å². The molecular formula is C15H19ClN2O. The molecule has 4 heteroatoms. The van der Waals surface area contributed by atoms with Crippen LogP contribution in [0.2, 0.25) is 5.02 Å². The fourth-order valence-electron chi connectivity index (χ4n) is 2.34. The Morgan fingerprint density at radius 2 is 2.00 bits per heavy atom. The maximum atomic E-state index is 10.0. The zero-order chi connectivity index (χ0) is 14.0. The lowest BCUT2D eigenvalue weighted by Crippen LogP contribution is -2.05. The van der Waals surface area contributed by atoms with Crippen LogP contribution in [0.3, 0.4) is 0 Å². The van der Waals surface area contributed by atoms with Gasteiger partial charge in [-0.2, -0.15) is 5.10 Å². The first-order chi connectivity index (χ1) is 9.04.